The zero-order valence-corrected chi connectivity index (χ0v) is 11.1. The van der Waals surface area contributed by atoms with Gasteiger partial charge >= 0.3 is 0 Å². The molecule has 4 heteroatoms. The average molecular weight is 235 g/mol. The van der Waals surface area contributed by atoms with E-state index in [0.717, 1.165) is 24.1 Å². The predicted octanol–water partition coefficient (Wildman–Crippen LogP) is 2.30. The minimum atomic E-state index is 0.0458. The quantitative estimate of drug-likeness (QED) is 0.812. The summed E-state index contributed by atoms with van der Waals surface area (Å²) in [5.41, 5.74) is 2.10. The second-order valence-corrected chi connectivity index (χ2v) is 3.89. The van der Waals surface area contributed by atoms with E-state index in [1.54, 1.807) is 4.57 Å². The molecule has 1 aliphatic heterocycles. The van der Waals surface area contributed by atoms with Gasteiger partial charge in [-0.2, -0.15) is 0 Å². The van der Waals surface area contributed by atoms with E-state index in [4.69, 9.17) is 5.41 Å². The fraction of sp³-hybridized carbons (Fsp3) is 0.615. The molecule has 0 saturated heterocycles. The van der Waals surface area contributed by atoms with Crippen LogP contribution in [-0.4, -0.2) is 15.3 Å². The van der Waals surface area contributed by atoms with E-state index in [9.17, 15) is 4.79 Å². The van der Waals surface area contributed by atoms with Gasteiger partial charge in [0, 0.05) is 17.8 Å². The molecular formula is C13H21N3O. The van der Waals surface area contributed by atoms with Gasteiger partial charge in [-0.25, -0.2) is 4.98 Å². The molecule has 17 heavy (non-hydrogen) atoms. The number of nitrogens with zero attached hydrogens (tertiary/aromatic N) is 2. The molecule has 1 aromatic heterocycles. The SMILES string of the molecule is CC.CCc1c(C)nc2n(c1=O)CCCC2=N. The molecule has 94 valence electrons. The highest BCUT2D eigenvalue weighted by atomic mass is 16.1. The maximum Gasteiger partial charge on any atom is 0.257 e. The number of hydrogen-bond donors (Lipinski definition) is 1. The molecule has 0 spiro atoms. The Morgan fingerprint density at radius 1 is 1.41 bits per heavy atom. The Morgan fingerprint density at radius 3 is 2.65 bits per heavy atom. The molecule has 1 aliphatic rings. The van der Waals surface area contributed by atoms with Gasteiger partial charge in [0.2, 0.25) is 0 Å². The van der Waals surface area contributed by atoms with E-state index in [1.807, 2.05) is 27.7 Å². The Labute approximate surface area is 102 Å². The lowest BCUT2D eigenvalue weighted by molar-refractivity contribution is 0.580. The highest BCUT2D eigenvalue weighted by Crippen LogP contribution is 2.12. The average Bonchev–Trinajstić information content (AvgIpc) is 2.34. The van der Waals surface area contributed by atoms with Crippen LogP contribution in [0.5, 0.6) is 0 Å². The normalized spacial score (nSPS) is 13.8. The van der Waals surface area contributed by atoms with E-state index in [-0.39, 0.29) is 5.56 Å². The van der Waals surface area contributed by atoms with Crippen molar-refractivity contribution in [1.82, 2.24) is 9.55 Å². The van der Waals surface area contributed by atoms with Crippen LogP contribution in [0.2, 0.25) is 0 Å². The standard InChI is InChI=1S/C11H15N3O.C2H6/c1-3-8-7(2)13-10-9(12)5-4-6-14(10)11(8)15;1-2/h12H,3-6H2,1-2H3;1-2H3. The molecule has 0 bridgehead atoms. The fourth-order valence-electron chi connectivity index (χ4n) is 2.07. The summed E-state index contributed by atoms with van der Waals surface area (Å²) in [6.45, 7) is 8.52. The molecule has 2 rings (SSSR count). The Kier molecular flexibility index (Phi) is 4.61. The number of hydrogen-bond acceptors (Lipinski definition) is 3. The van der Waals surface area contributed by atoms with Crippen LogP contribution in [0.25, 0.3) is 0 Å². The van der Waals surface area contributed by atoms with Crippen LogP contribution in [0.4, 0.5) is 0 Å². The van der Waals surface area contributed by atoms with Crippen molar-refractivity contribution in [1.29, 1.82) is 5.41 Å². The lowest BCUT2D eigenvalue weighted by atomic mass is 10.1. The van der Waals surface area contributed by atoms with Crippen LogP contribution in [0, 0.1) is 12.3 Å². The summed E-state index contributed by atoms with van der Waals surface area (Å²) >= 11 is 0. The van der Waals surface area contributed by atoms with Crippen molar-refractivity contribution >= 4 is 5.71 Å². The maximum atomic E-state index is 12.0. The third-order valence-electron chi connectivity index (χ3n) is 2.90. The Balaban J connectivity index is 0.000000686. The molecule has 0 saturated carbocycles. The second-order valence-electron chi connectivity index (χ2n) is 3.89. The van der Waals surface area contributed by atoms with Crippen molar-refractivity contribution in [3.05, 3.63) is 27.4 Å². The minimum Gasteiger partial charge on any atom is -0.301 e. The zero-order valence-electron chi connectivity index (χ0n) is 11.1. The van der Waals surface area contributed by atoms with Crippen molar-refractivity contribution in [2.45, 2.75) is 53.5 Å². The molecule has 0 atom stereocenters. The molecule has 0 radical (unpaired) electrons. The largest absolute Gasteiger partial charge is 0.301 e. The Hall–Kier alpha value is -1.45. The van der Waals surface area contributed by atoms with Crippen molar-refractivity contribution < 1.29 is 0 Å². The van der Waals surface area contributed by atoms with Gasteiger partial charge < -0.3 is 5.41 Å². The third-order valence-corrected chi connectivity index (χ3v) is 2.90. The lowest BCUT2D eigenvalue weighted by Gasteiger charge is -2.19. The van der Waals surface area contributed by atoms with Crippen molar-refractivity contribution in [3.63, 3.8) is 0 Å². The van der Waals surface area contributed by atoms with E-state index in [0.29, 0.717) is 24.5 Å². The van der Waals surface area contributed by atoms with Crippen LogP contribution in [0.15, 0.2) is 4.79 Å². The van der Waals surface area contributed by atoms with Gasteiger partial charge in [0.1, 0.15) is 0 Å². The molecule has 0 aromatic carbocycles. The molecular weight excluding hydrogens is 214 g/mol. The van der Waals surface area contributed by atoms with Gasteiger partial charge in [-0.3, -0.25) is 9.36 Å². The molecule has 4 nitrogen and oxygen atoms in total. The summed E-state index contributed by atoms with van der Waals surface area (Å²) in [5, 5.41) is 7.77. The van der Waals surface area contributed by atoms with Crippen LogP contribution < -0.4 is 5.56 Å². The summed E-state index contributed by atoms with van der Waals surface area (Å²) in [6.07, 6.45) is 2.32. The van der Waals surface area contributed by atoms with Crippen molar-refractivity contribution in [2.24, 2.45) is 0 Å². The number of fused-ring (bicyclic) bond motifs is 1. The molecule has 2 heterocycles. The molecule has 1 N–H and O–H groups in total. The Morgan fingerprint density at radius 2 is 2.06 bits per heavy atom. The first-order chi connectivity index (χ1) is 8.15. The van der Waals surface area contributed by atoms with E-state index < -0.39 is 0 Å². The molecule has 1 aromatic rings. The summed E-state index contributed by atoms with van der Waals surface area (Å²) in [5.74, 6) is 0.570. The van der Waals surface area contributed by atoms with Crippen molar-refractivity contribution in [3.8, 4) is 0 Å². The first-order valence-electron chi connectivity index (χ1n) is 6.33. The van der Waals surface area contributed by atoms with Gasteiger partial charge in [-0.15, -0.1) is 0 Å². The molecule has 0 aliphatic carbocycles. The molecule has 0 fully saturated rings. The highest BCUT2D eigenvalue weighted by molar-refractivity contribution is 5.95. The van der Waals surface area contributed by atoms with E-state index in [1.165, 1.54) is 0 Å². The summed E-state index contributed by atoms with van der Waals surface area (Å²) in [4.78, 5) is 16.4. The third kappa shape index (κ3) is 2.46. The zero-order chi connectivity index (χ0) is 13.0. The summed E-state index contributed by atoms with van der Waals surface area (Å²) in [7, 11) is 0. The topological polar surface area (TPSA) is 58.7 Å². The van der Waals surface area contributed by atoms with Crippen LogP contribution >= 0.6 is 0 Å². The van der Waals surface area contributed by atoms with Gasteiger partial charge in [0.05, 0.1) is 5.71 Å². The minimum absolute atomic E-state index is 0.0458. The second kappa shape index (κ2) is 5.75. The number of aromatic nitrogens is 2. The highest BCUT2D eigenvalue weighted by Gasteiger charge is 2.19. The monoisotopic (exact) mass is 235 g/mol. The summed E-state index contributed by atoms with van der Waals surface area (Å²) < 4.78 is 1.65. The van der Waals surface area contributed by atoms with Crippen LogP contribution in [0.3, 0.4) is 0 Å². The molecule has 0 amide bonds. The number of rotatable bonds is 1. The van der Waals surface area contributed by atoms with E-state index >= 15 is 0 Å². The predicted molar refractivity (Wildman–Crippen MR) is 70.0 cm³/mol. The van der Waals surface area contributed by atoms with Gasteiger partial charge in [-0.1, -0.05) is 20.8 Å². The van der Waals surface area contributed by atoms with Gasteiger partial charge in [-0.05, 0) is 26.2 Å². The van der Waals surface area contributed by atoms with Gasteiger partial charge in [0.25, 0.3) is 5.56 Å². The van der Waals surface area contributed by atoms with Crippen LogP contribution in [0.1, 0.15) is 50.7 Å². The first kappa shape index (κ1) is 13.6. The smallest absolute Gasteiger partial charge is 0.257 e. The fourth-order valence-corrected chi connectivity index (χ4v) is 2.07. The van der Waals surface area contributed by atoms with Crippen molar-refractivity contribution in [2.75, 3.05) is 0 Å². The lowest BCUT2D eigenvalue weighted by Crippen LogP contribution is -2.34. The Bertz CT molecular complexity index is 474. The number of aryl methyl sites for hydroxylation is 1. The summed E-state index contributed by atoms with van der Waals surface area (Å²) in [6, 6.07) is 0. The maximum absolute atomic E-state index is 12.0. The van der Waals surface area contributed by atoms with Gasteiger partial charge in [0.15, 0.2) is 5.82 Å². The number of nitrogens with one attached hydrogen (secondary N) is 1. The van der Waals surface area contributed by atoms with Crippen LogP contribution in [-0.2, 0) is 13.0 Å². The first-order valence-corrected chi connectivity index (χ1v) is 6.33. The molecule has 0 unspecified atom stereocenters. The van der Waals surface area contributed by atoms with E-state index in [2.05, 4.69) is 4.98 Å².